The molecule has 94 valence electrons. The van der Waals surface area contributed by atoms with Crippen molar-refractivity contribution in [3.63, 3.8) is 0 Å². The van der Waals surface area contributed by atoms with Gasteiger partial charge in [-0.05, 0) is 24.1 Å². The number of ketones is 1. The smallest absolute Gasteiger partial charge is 0.135 e. The molecule has 0 amide bonds. The largest absolute Gasteiger partial charge is 0.337 e. The molecule has 0 aliphatic rings. The molecule has 0 aliphatic carbocycles. The maximum absolute atomic E-state index is 11.7. The predicted molar refractivity (Wildman–Crippen MR) is 71.6 cm³/mol. The van der Waals surface area contributed by atoms with Crippen LogP contribution in [-0.4, -0.2) is 15.3 Å². The van der Waals surface area contributed by atoms with Crippen molar-refractivity contribution >= 4 is 17.4 Å². The van der Waals surface area contributed by atoms with Crippen molar-refractivity contribution in [3.8, 4) is 0 Å². The van der Waals surface area contributed by atoms with E-state index in [4.69, 9.17) is 11.6 Å². The number of carbonyl (C=O) groups excluding carboxylic acids is 1. The van der Waals surface area contributed by atoms with Crippen molar-refractivity contribution in [2.45, 2.75) is 25.8 Å². The number of hydrogen-bond donors (Lipinski definition) is 0. The van der Waals surface area contributed by atoms with E-state index in [1.165, 1.54) is 0 Å². The molecule has 0 spiro atoms. The number of Topliss-reactive ketones (excluding diaryl/α,β-unsaturated/α-hetero) is 1. The zero-order valence-electron chi connectivity index (χ0n) is 10.1. The van der Waals surface area contributed by atoms with Crippen molar-refractivity contribution in [1.82, 2.24) is 9.55 Å². The zero-order chi connectivity index (χ0) is 12.8. The van der Waals surface area contributed by atoms with Crippen LogP contribution < -0.4 is 0 Å². The van der Waals surface area contributed by atoms with Crippen LogP contribution in [0.5, 0.6) is 0 Å². The normalized spacial score (nSPS) is 10.5. The fourth-order valence-corrected chi connectivity index (χ4v) is 1.99. The number of halogens is 1. The molecule has 3 nitrogen and oxygen atoms in total. The second kappa shape index (κ2) is 6.36. The number of hydrogen-bond acceptors (Lipinski definition) is 2. The molecule has 0 radical (unpaired) electrons. The summed E-state index contributed by atoms with van der Waals surface area (Å²) in [6, 6.07) is 7.65. The van der Waals surface area contributed by atoms with E-state index in [9.17, 15) is 4.79 Å². The molecule has 0 bridgehead atoms. The summed E-state index contributed by atoms with van der Waals surface area (Å²) in [6.45, 7) is 0.703. The van der Waals surface area contributed by atoms with E-state index < -0.39 is 0 Å². The molecule has 0 saturated carbocycles. The van der Waals surface area contributed by atoms with E-state index in [1.807, 2.05) is 35.0 Å². The van der Waals surface area contributed by atoms with E-state index in [-0.39, 0.29) is 5.78 Å². The molecular formula is C14H15ClN2O. The Kier molecular flexibility index (Phi) is 4.53. The summed E-state index contributed by atoms with van der Waals surface area (Å²) < 4.78 is 1.91. The predicted octanol–water partition coefficient (Wildman–Crippen LogP) is 3.13. The molecule has 18 heavy (non-hydrogen) atoms. The van der Waals surface area contributed by atoms with E-state index in [0.717, 1.165) is 17.0 Å². The maximum atomic E-state index is 11.7. The zero-order valence-corrected chi connectivity index (χ0v) is 10.8. The number of nitrogens with zero attached hydrogens (tertiary/aromatic N) is 2. The van der Waals surface area contributed by atoms with Crippen LogP contribution in [0.1, 0.15) is 18.4 Å². The van der Waals surface area contributed by atoms with E-state index in [2.05, 4.69) is 4.98 Å². The molecule has 2 aromatic rings. The number of aryl methyl sites for hydroxylation is 2. The van der Waals surface area contributed by atoms with Gasteiger partial charge in [-0.25, -0.2) is 4.98 Å². The highest BCUT2D eigenvalue weighted by atomic mass is 35.5. The summed E-state index contributed by atoms with van der Waals surface area (Å²) in [5.74, 6) is 0.267. The first-order valence-corrected chi connectivity index (χ1v) is 6.34. The lowest BCUT2D eigenvalue weighted by Crippen LogP contribution is -2.05. The Morgan fingerprint density at radius 3 is 2.94 bits per heavy atom. The van der Waals surface area contributed by atoms with E-state index >= 15 is 0 Å². The van der Waals surface area contributed by atoms with Gasteiger partial charge in [0.2, 0.25) is 0 Å². The van der Waals surface area contributed by atoms with Gasteiger partial charge in [-0.2, -0.15) is 0 Å². The molecule has 4 heteroatoms. The van der Waals surface area contributed by atoms with E-state index in [0.29, 0.717) is 19.4 Å². The summed E-state index contributed by atoms with van der Waals surface area (Å²) in [5, 5.41) is 0.721. The minimum absolute atomic E-state index is 0.267. The minimum Gasteiger partial charge on any atom is -0.337 e. The van der Waals surface area contributed by atoms with Crippen LogP contribution >= 0.6 is 11.6 Å². The summed E-state index contributed by atoms with van der Waals surface area (Å²) in [6.07, 6.45) is 7.18. The Labute approximate surface area is 111 Å². The third-order valence-electron chi connectivity index (χ3n) is 2.79. The van der Waals surface area contributed by atoms with Gasteiger partial charge in [0, 0.05) is 36.8 Å². The number of imidazole rings is 1. The summed E-state index contributed by atoms with van der Waals surface area (Å²) >= 11 is 5.89. The van der Waals surface area contributed by atoms with Gasteiger partial charge in [-0.15, -0.1) is 0 Å². The van der Waals surface area contributed by atoms with Gasteiger partial charge in [0.15, 0.2) is 0 Å². The summed E-state index contributed by atoms with van der Waals surface area (Å²) in [7, 11) is 0. The van der Waals surface area contributed by atoms with E-state index in [1.54, 1.807) is 12.5 Å². The first-order chi connectivity index (χ1) is 8.74. The number of rotatable bonds is 6. The Morgan fingerprint density at radius 2 is 2.22 bits per heavy atom. The van der Waals surface area contributed by atoms with Crippen LogP contribution in [0.15, 0.2) is 43.0 Å². The van der Waals surface area contributed by atoms with Crippen LogP contribution in [0.3, 0.4) is 0 Å². The van der Waals surface area contributed by atoms with Gasteiger partial charge in [-0.3, -0.25) is 4.79 Å². The third kappa shape index (κ3) is 4.00. The van der Waals surface area contributed by atoms with Gasteiger partial charge in [-0.1, -0.05) is 23.7 Å². The van der Waals surface area contributed by atoms with Gasteiger partial charge in [0.25, 0.3) is 0 Å². The first-order valence-electron chi connectivity index (χ1n) is 5.96. The Morgan fingerprint density at radius 1 is 1.33 bits per heavy atom. The van der Waals surface area contributed by atoms with Crippen LogP contribution in [0.2, 0.25) is 5.02 Å². The van der Waals surface area contributed by atoms with Crippen molar-refractivity contribution in [3.05, 3.63) is 53.6 Å². The second-order valence-electron chi connectivity index (χ2n) is 4.22. The lowest BCUT2D eigenvalue weighted by molar-refractivity contribution is -0.119. The van der Waals surface area contributed by atoms with Gasteiger partial charge < -0.3 is 4.57 Å². The van der Waals surface area contributed by atoms with Crippen LogP contribution in [0.4, 0.5) is 0 Å². The number of carbonyl (C=O) groups is 1. The molecule has 2 rings (SSSR count). The SMILES string of the molecule is O=C(CCc1cccc(Cl)c1)CCn1ccnc1. The highest BCUT2D eigenvalue weighted by Gasteiger charge is 2.03. The van der Waals surface area contributed by atoms with Crippen molar-refractivity contribution in [2.24, 2.45) is 0 Å². The molecule has 1 aromatic carbocycles. The summed E-state index contributed by atoms with van der Waals surface area (Å²) in [5.41, 5.74) is 1.11. The molecule has 0 fully saturated rings. The second-order valence-corrected chi connectivity index (χ2v) is 4.66. The van der Waals surface area contributed by atoms with Crippen molar-refractivity contribution in [2.75, 3.05) is 0 Å². The molecule has 1 aromatic heterocycles. The average Bonchev–Trinajstić information content (AvgIpc) is 2.87. The molecule has 0 unspecified atom stereocenters. The Hall–Kier alpha value is -1.61. The molecule has 1 heterocycles. The quantitative estimate of drug-likeness (QED) is 0.802. The third-order valence-corrected chi connectivity index (χ3v) is 3.02. The Bertz CT molecular complexity index is 508. The topological polar surface area (TPSA) is 34.9 Å². The number of aromatic nitrogens is 2. The lowest BCUT2D eigenvalue weighted by atomic mass is 10.1. The van der Waals surface area contributed by atoms with Crippen LogP contribution in [0.25, 0.3) is 0 Å². The average molecular weight is 263 g/mol. The fourth-order valence-electron chi connectivity index (χ4n) is 1.77. The standard InChI is InChI=1S/C14H15ClN2O/c15-13-3-1-2-12(10-13)4-5-14(18)6-8-17-9-7-16-11-17/h1-3,7,9-11H,4-6,8H2. The lowest BCUT2D eigenvalue weighted by Gasteiger charge is -2.03. The monoisotopic (exact) mass is 262 g/mol. The molecular weight excluding hydrogens is 248 g/mol. The van der Waals surface area contributed by atoms with Crippen LogP contribution in [0, 0.1) is 0 Å². The van der Waals surface area contributed by atoms with Crippen molar-refractivity contribution in [1.29, 1.82) is 0 Å². The summed E-state index contributed by atoms with van der Waals surface area (Å²) in [4.78, 5) is 15.7. The van der Waals surface area contributed by atoms with Crippen LogP contribution in [-0.2, 0) is 17.8 Å². The van der Waals surface area contributed by atoms with Crippen molar-refractivity contribution < 1.29 is 4.79 Å². The Balaban J connectivity index is 1.75. The number of benzene rings is 1. The molecule has 0 atom stereocenters. The molecule has 0 aliphatic heterocycles. The minimum atomic E-state index is 0.267. The molecule has 0 saturated heterocycles. The molecule has 0 N–H and O–H groups in total. The van der Waals surface area contributed by atoms with Gasteiger partial charge in [0.05, 0.1) is 6.33 Å². The van der Waals surface area contributed by atoms with Gasteiger partial charge >= 0.3 is 0 Å². The maximum Gasteiger partial charge on any atom is 0.135 e. The highest BCUT2D eigenvalue weighted by Crippen LogP contribution is 2.12. The first kappa shape index (κ1) is 12.8. The van der Waals surface area contributed by atoms with Gasteiger partial charge in [0.1, 0.15) is 5.78 Å². The fraction of sp³-hybridized carbons (Fsp3) is 0.286. The highest BCUT2D eigenvalue weighted by molar-refractivity contribution is 6.30.